The normalized spacial score (nSPS) is 12.2. The molecule has 0 amide bonds. The van der Waals surface area contributed by atoms with Gasteiger partial charge in [0.05, 0.1) is 7.11 Å². The molecule has 0 atom stereocenters. The second kappa shape index (κ2) is 3.76. The van der Waals surface area contributed by atoms with E-state index >= 15 is 0 Å². The van der Waals surface area contributed by atoms with Crippen molar-refractivity contribution >= 4 is 5.97 Å². The van der Waals surface area contributed by atoms with E-state index in [0.29, 0.717) is 6.42 Å². The van der Waals surface area contributed by atoms with E-state index in [1.54, 1.807) is 6.92 Å². The summed E-state index contributed by atoms with van der Waals surface area (Å²) in [5, 5.41) is 17.0. The van der Waals surface area contributed by atoms with Crippen LogP contribution < -0.4 is 0 Å². The van der Waals surface area contributed by atoms with Crippen LogP contribution in [0.2, 0.25) is 0 Å². The lowest BCUT2D eigenvalue weighted by Gasteiger charge is -2.02. The quantitative estimate of drug-likeness (QED) is 0.458. The molecule has 0 radical (unpaired) electrons. The summed E-state index contributed by atoms with van der Waals surface area (Å²) in [5.41, 5.74) is 0. The number of allylic oxidation sites excluding steroid dienone is 1. The highest BCUT2D eigenvalue weighted by Gasteiger charge is 2.10. The van der Waals surface area contributed by atoms with Crippen molar-refractivity contribution in [1.82, 2.24) is 0 Å². The maximum Gasteiger partial charge on any atom is 0.374 e. The van der Waals surface area contributed by atoms with Gasteiger partial charge < -0.3 is 14.9 Å². The highest BCUT2D eigenvalue weighted by atomic mass is 16.5. The van der Waals surface area contributed by atoms with Crippen LogP contribution in [0.3, 0.4) is 0 Å². The molecule has 0 saturated carbocycles. The van der Waals surface area contributed by atoms with Crippen LogP contribution in [-0.2, 0) is 9.53 Å². The molecule has 0 aliphatic carbocycles. The first-order valence-corrected chi connectivity index (χ1v) is 2.82. The van der Waals surface area contributed by atoms with Gasteiger partial charge in [-0.25, -0.2) is 4.79 Å². The monoisotopic (exact) mass is 146 g/mol. The molecule has 4 heteroatoms. The SMILES string of the molecule is CC/C(OC)=C(/O)C(=O)O. The minimum Gasteiger partial charge on any atom is -0.499 e. The van der Waals surface area contributed by atoms with Gasteiger partial charge in [0, 0.05) is 6.42 Å². The average molecular weight is 146 g/mol. The summed E-state index contributed by atoms with van der Waals surface area (Å²) in [6.45, 7) is 1.69. The van der Waals surface area contributed by atoms with Crippen molar-refractivity contribution in [3.63, 3.8) is 0 Å². The number of carbonyl (C=O) groups is 1. The number of aliphatic hydroxyl groups is 1. The van der Waals surface area contributed by atoms with E-state index in [2.05, 4.69) is 4.74 Å². The Balaban J connectivity index is 4.43. The maximum absolute atomic E-state index is 10.1. The van der Waals surface area contributed by atoms with Crippen LogP contribution in [0.15, 0.2) is 11.5 Å². The summed E-state index contributed by atoms with van der Waals surface area (Å²) in [5.74, 6) is -1.99. The summed E-state index contributed by atoms with van der Waals surface area (Å²) < 4.78 is 4.57. The Kier molecular flexibility index (Phi) is 3.32. The number of carboxylic acid groups (broad SMARTS) is 1. The van der Waals surface area contributed by atoms with E-state index in [1.807, 2.05) is 0 Å². The molecule has 10 heavy (non-hydrogen) atoms. The molecule has 2 N–H and O–H groups in total. The van der Waals surface area contributed by atoms with Gasteiger partial charge in [0.2, 0.25) is 5.76 Å². The second-order valence-electron chi connectivity index (χ2n) is 1.63. The Morgan fingerprint density at radius 2 is 2.00 bits per heavy atom. The molecule has 0 unspecified atom stereocenters. The molecule has 0 aromatic rings. The zero-order valence-electron chi connectivity index (χ0n) is 5.92. The van der Waals surface area contributed by atoms with Crippen LogP contribution in [0.5, 0.6) is 0 Å². The van der Waals surface area contributed by atoms with Crippen molar-refractivity contribution in [2.75, 3.05) is 7.11 Å². The molecule has 0 aromatic carbocycles. The third-order valence-corrected chi connectivity index (χ3v) is 1.03. The number of carboxylic acids is 1. The van der Waals surface area contributed by atoms with Gasteiger partial charge in [-0.2, -0.15) is 0 Å². The van der Waals surface area contributed by atoms with Gasteiger partial charge in [-0.05, 0) is 0 Å². The van der Waals surface area contributed by atoms with Crippen molar-refractivity contribution in [3.05, 3.63) is 11.5 Å². The van der Waals surface area contributed by atoms with Crippen molar-refractivity contribution in [2.24, 2.45) is 0 Å². The fourth-order valence-electron chi connectivity index (χ4n) is 0.528. The Morgan fingerprint density at radius 3 is 2.10 bits per heavy atom. The lowest BCUT2D eigenvalue weighted by atomic mass is 10.3. The van der Waals surface area contributed by atoms with Gasteiger partial charge in [-0.1, -0.05) is 6.92 Å². The standard InChI is InChI=1S/C6H10O4/c1-3-4(10-2)5(7)6(8)9/h7H,3H2,1-2H3,(H,8,9)/b5-4-. The van der Waals surface area contributed by atoms with E-state index in [-0.39, 0.29) is 5.76 Å². The van der Waals surface area contributed by atoms with Gasteiger partial charge in [-0.3, -0.25) is 0 Å². The summed E-state index contributed by atoms with van der Waals surface area (Å²) >= 11 is 0. The molecule has 0 fully saturated rings. The first-order chi connectivity index (χ1) is 4.63. The number of rotatable bonds is 3. The van der Waals surface area contributed by atoms with Gasteiger partial charge >= 0.3 is 5.97 Å². The van der Waals surface area contributed by atoms with E-state index < -0.39 is 11.7 Å². The number of ether oxygens (including phenoxy) is 1. The molecule has 0 rings (SSSR count). The molecular weight excluding hydrogens is 136 g/mol. The van der Waals surface area contributed by atoms with Crippen LogP contribution in [-0.4, -0.2) is 23.3 Å². The van der Waals surface area contributed by atoms with Gasteiger partial charge in [0.25, 0.3) is 0 Å². The van der Waals surface area contributed by atoms with E-state index in [0.717, 1.165) is 0 Å². The predicted molar refractivity (Wildman–Crippen MR) is 34.6 cm³/mol. The molecule has 0 saturated heterocycles. The first-order valence-electron chi connectivity index (χ1n) is 2.82. The molecule has 0 bridgehead atoms. The van der Waals surface area contributed by atoms with Crippen molar-refractivity contribution in [2.45, 2.75) is 13.3 Å². The smallest absolute Gasteiger partial charge is 0.374 e. The topological polar surface area (TPSA) is 66.8 Å². The number of methoxy groups -OCH3 is 1. The van der Waals surface area contributed by atoms with Gasteiger partial charge in [-0.15, -0.1) is 0 Å². The van der Waals surface area contributed by atoms with Crippen LogP contribution in [0, 0.1) is 0 Å². The molecule has 0 aromatic heterocycles. The largest absolute Gasteiger partial charge is 0.499 e. The Labute approximate surface area is 58.7 Å². The summed E-state index contributed by atoms with van der Waals surface area (Å²) in [6, 6.07) is 0. The highest BCUT2D eigenvalue weighted by molar-refractivity contribution is 5.84. The summed E-state index contributed by atoms with van der Waals surface area (Å²) in [4.78, 5) is 10.1. The number of aliphatic hydroxyl groups excluding tert-OH is 1. The van der Waals surface area contributed by atoms with E-state index in [4.69, 9.17) is 10.2 Å². The van der Waals surface area contributed by atoms with Crippen LogP contribution in [0.1, 0.15) is 13.3 Å². The number of hydrogen-bond donors (Lipinski definition) is 2. The molecule has 58 valence electrons. The zero-order chi connectivity index (χ0) is 8.15. The zero-order valence-corrected chi connectivity index (χ0v) is 5.92. The van der Waals surface area contributed by atoms with Gasteiger partial charge in [0.15, 0.2) is 0 Å². The van der Waals surface area contributed by atoms with Crippen molar-refractivity contribution in [1.29, 1.82) is 0 Å². The Hall–Kier alpha value is -1.19. The van der Waals surface area contributed by atoms with Crippen molar-refractivity contribution < 1.29 is 19.7 Å². The third-order valence-electron chi connectivity index (χ3n) is 1.03. The fraction of sp³-hybridized carbons (Fsp3) is 0.500. The second-order valence-corrected chi connectivity index (χ2v) is 1.63. The molecule has 0 aliphatic rings. The lowest BCUT2D eigenvalue weighted by Crippen LogP contribution is -2.04. The summed E-state index contributed by atoms with van der Waals surface area (Å²) in [6.07, 6.45) is 0.370. The third kappa shape index (κ3) is 1.97. The molecule has 4 nitrogen and oxygen atoms in total. The molecular formula is C6H10O4. The highest BCUT2D eigenvalue weighted by Crippen LogP contribution is 2.05. The van der Waals surface area contributed by atoms with E-state index in [9.17, 15) is 4.79 Å². The maximum atomic E-state index is 10.1. The minimum absolute atomic E-state index is 0.0903. The lowest BCUT2D eigenvalue weighted by molar-refractivity contribution is -0.136. The average Bonchev–Trinajstić information content (AvgIpc) is 1.90. The fourth-order valence-corrected chi connectivity index (χ4v) is 0.528. The number of aliphatic carboxylic acids is 1. The number of hydrogen-bond acceptors (Lipinski definition) is 3. The van der Waals surface area contributed by atoms with Crippen LogP contribution in [0.4, 0.5) is 0 Å². The molecule has 0 spiro atoms. The van der Waals surface area contributed by atoms with E-state index in [1.165, 1.54) is 7.11 Å². The molecule has 0 heterocycles. The van der Waals surface area contributed by atoms with Gasteiger partial charge in [0.1, 0.15) is 5.76 Å². The summed E-state index contributed by atoms with van der Waals surface area (Å²) in [7, 11) is 1.32. The predicted octanol–water partition coefficient (Wildman–Crippen LogP) is 0.897. The van der Waals surface area contributed by atoms with Crippen LogP contribution >= 0.6 is 0 Å². The first kappa shape index (κ1) is 8.81. The Morgan fingerprint density at radius 1 is 1.50 bits per heavy atom. The Bertz CT molecular complexity index is 153. The minimum atomic E-state index is -1.36. The van der Waals surface area contributed by atoms with Crippen molar-refractivity contribution in [3.8, 4) is 0 Å². The molecule has 0 aliphatic heterocycles. The van der Waals surface area contributed by atoms with Crippen LogP contribution in [0.25, 0.3) is 0 Å².